The van der Waals surface area contributed by atoms with Gasteiger partial charge in [-0.3, -0.25) is 9.78 Å². The van der Waals surface area contributed by atoms with Gasteiger partial charge in [-0.15, -0.1) is 0 Å². The highest BCUT2D eigenvalue weighted by Crippen LogP contribution is 2.14. The average Bonchev–Trinajstić information content (AvgIpc) is 3.14. The van der Waals surface area contributed by atoms with Crippen molar-refractivity contribution in [1.82, 2.24) is 14.8 Å². The van der Waals surface area contributed by atoms with Crippen molar-refractivity contribution in [2.75, 3.05) is 19.6 Å². The van der Waals surface area contributed by atoms with Gasteiger partial charge < -0.3 is 14.2 Å². The summed E-state index contributed by atoms with van der Waals surface area (Å²) in [7, 11) is 0. The van der Waals surface area contributed by atoms with E-state index in [1.165, 1.54) is 32.1 Å². The van der Waals surface area contributed by atoms with Crippen LogP contribution < -0.4 is 0 Å². The lowest BCUT2D eigenvalue weighted by Crippen LogP contribution is -2.35. The second kappa shape index (κ2) is 10.1. The number of likely N-dealkylation sites (tertiary alicyclic amines) is 1. The Hall–Kier alpha value is -2.14. The molecule has 1 fully saturated rings. The highest BCUT2D eigenvalue weighted by molar-refractivity contribution is 5.76. The molecule has 1 aliphatic rings. The summed E-state index contributed by atoms with van der Waals surface area (Å²) < 4.78 is 5.46. The number of hydrogen-bond acceptors (Lipinski definition) is 4. The summed E-state index contributed by atoms with van der Waals surface area (Å²) in [6.07, 6.45) is 12.3. The average molecular weight is 355 g/mol. The molecule has 0 spiro atoms. The van der Waals surface area contributed by atoms with Crippen LogP contribution in [0.5, 0.6) is 0 Å². The molecule has 0 N–H and O–H groups in total. The Morgan fingerprint density at radius 3 is 2.58 bits per heavy atom. The van der Waals surface area contributed by atoms with Crippen LogP contribution in [-0.2, 0) is 17.9 Å². The zero-order chi connectivity index (χ0) is 18.0. The highest BCUT2D eigenvalue weighted by atomic mass is 16.3. The summed E-state index contributed by atoms with van der Waals surface area (Å²) in [4.78, 5) is 21.4. The van der Waals surface area contributed by atoms with Gasteiger partial charge in [-0.25, -0.2) is 0 Å². The first-order valence-electron chi connectivity index (χ1n) is 9.73. The first-order valence-corrected chi connectivity index (χ1v) is 9.73. The van der Waals surface area contributed by atoms with E-state index in [1.54, 1.807) is 12.5 Å². The van der Waals surface area contributed by atoms with Crippen molar-refractivity contribution in [2.24, 2.45) is 0 Å². The maximum absolute atomic E-state index is 12.9. The number of rotatable bonds is 7. The topological polar surface area (TPSA) is 49.6 Å². The molecule has 3 heterocycles. The van der Waals surface area contributed by atoms with Crippen molar-refractivity contribution >= 4 is 5.91 Å². The van der Waals surface area contributed by atoms with Crippen LogP contribution in [0, 0.1) is 0 Å². The third-order valence-electron chi connectivity index (χ3n) is 4.97. The largest absolute Gasteiger partial charge is 0.467 e. The Kier molecular flexibility index (Phi) is 7.25. The number of furan rings is 1. The van der Waals surface area contributed by atoms with E-state index in [0.717, 1.165) is 31.0 Å². The maximum atomic E-state index is 12.9. The van der Waals surface area contributed by atoms with Gasteiger partial charge in [-0.2, -0.15) is 0 Å². The molecule has 0 aromatic carbocycles. The van der Waals surface area contributed by atoms with Crippen molar-refractivity contribution in [3.8, 4) is 0 Å². The predicted molar refractivity (Wildman–Crippen MR) is 101 cm³/mol. The Balaban J connectivity index is 1.58. The van der Waals surface area contributed by atoms with Crippen LogP contribution in [0.2, 0.25) is 0 Å². The zero-order valence-electron chi connectivity index (χ0n) is 15.5. The lowest BCUT2D eigenvalue weighted by Gasteiger charge is -2.26. The van der Waals surface area contributed by atoms with E-state index in [1.807, 2.05) is 35.4 Å². The van der Waals surface area contributed by atoms with E-state index in [2.05, 4.69) is 9.88 Å². The van der Waals surface area contributed by atoms with Crippen LogP contribution in [0.25, 0.3) is 0 Å². The van der Waals surface area contributed by atoms with E-state index in [4.69, 9.17) is 4.42 Å². The summed E-state index contributed by atoms with van der Waals surface area (Å²) in [5.74, 6) is 0.987. The summed E-state index contributed by atoms with van der Waals surface area (Å²) in [5, 5.41) is 0. The third-order valence-corrected chi connectivity index (χ3v) is 4.97. The third kappa shape index (κ3) is 5.99. The van der Waals surface area contributed by atoms with Crippen LogP contribution in [0.1, 0.15) is 49.8 Å². The molecule has 0 unspecified atom stereocenters. The normalized spacial score (nSPS) is 16.0. The molecule has 0 radical (unpaired) electrons. The van der Waals surface area contributed by atoms with E-state index in [-0.39, 0.29) is 5.91 Å². The van der Waals surface area contributed by atoms with Gasteiger partial charge in [0.2, 0.25) is 5.91 Å². The van der Waals surface area contributed by atoms with Gasteiger partial charge in [-0.1, -0.05) is 25.3 Å². The molecule has 140 valence electrons. The van der Waals surface area contributed by atoms with Crippen LogP contribution in [0.4, 0.5) is 0 Å². The SMILES string of the molecule is O=C(CCN1CCCCCCC1)N(Cc1cccnc1)Cc1ccco1. The smallest absolute Gasteiger partial charge is 0.224 e. The Labute approximate surface area is 156 Å². The van der Waals surface area contributed by atoms with Gasteiger partial charge >= 0.3 is 0 Å². The number of carbonyl (C=O) groups excluding carboxylic acids is 1. The fourth-order valence-corrected chi connectivity index (χ4v) is 3.48. The molecule has 2 aromatic rings. The van der Waals surface area contributed by atoms with Crippen molar-refractivity contribution in [1.29, 1.82) is 0 Å². The number of pyridine rings is 1. The van der Waals surface area contributed by atoms with E-state index in [9.17, 15) is 4.79 Å². The minimum atomic E-state index is 0.173. The van der Waals surface area contributed by atoms with Gasteiger partial charge in [0, 0.05) is 31.9 Å². The van der Waals surface area contributed by atoms with Gasteiger partial charge in [-0.05, 0) is 49.7 Å². The van der Waals surface area contributed by atoms with Crippen LogP contribution in [0.3, 0.4) is 0 Å². The van der Waals surface area contributed by atoms with Crippen LogP contribution in [-0.4, -0.2) is 40.3 Å². The maximum Gasteiger partial charge on any atom is 0.224 e. The van der Waals surface area contributed by atoms with E-state index >= 15 is 0 Å². The molecular formula is C21H29N3O2. The minimum absolute atomic E-state index is 0.173. The van der Waals surface area contributed by atoms with Gasteiger partial charge in [0.05, 0.1) is 12.8 Å². The van der Waals surface area contributed by atoms with Crippen molar-refractivity contribution < 1.29 is 9.21 Å². The van der Waals surface area contributed by atoms with E-state index < -0.39 is 0 Å². The second-order valence-electron chi connectivity index (χ2n) is 7.05. The van der Waals surface area contributed by atoms with Gasteiger partial charge in [0.15, 0.2) is 0 Å². The Morgan fingerprint density at radius 1 is 1.08 bits per heavy atom. The van der Waals surface area contributed by atoms with Gasteiger partial charge in [0.25, 0.3) is 0 Å². The van der Waals surface area contributed by atoms with E-state index in [0.29, 0.717) is 19.5 Å². The molecule has 0 aliphatic carbocycles. The Morgan fingerprint density at radius 2 is 1.88 bits per heavy atom. The molecule has 1 aliphatic heterocycles. The second-order valence-corrected chi connectivity index (χ2v) is 7.05. The molecular weight excluding hydrogens is 326 g/mol. The highest BCUT2D eigenvalue weighted by Gasteiger charge is 2.18. The molecule has 0 saturated carbocycles. The first kappa shape index (κ1) is 18.6. The molecule has 2 aromatic heterocycles. The number of amides is 1. The number of hydrogen-bond donors (Lipinski definition) is 0. The molecule has 26 heavy (non-hydrogen) atoms. The molecule has 5 nitrogen and oxygen atoms in total. The number of carbonyl (C=O) groups is 1. The van der Waals surface area contributed by atoms with Crippen LogP contribution >= 0.6 is 0 Å². The van der Waals surface area contributed by atoms with Crippen molar-refractivity contribution in [3.05, 3.63) is 54.2 Å². The minimum Gasteiger partial charge on any atom is -0.467 e. The first-order chi connectivity index (χ1) is 12.8. The molecule has 1 saturated heterocycles. The summed E-state index contributed by atoms with van der Waals surface area (Å²) in [6, 6.07) is 7.70. The van der Waals surface area contributed by atoms with Crippen molar-refractivity contribution in [2.45, 2.75) is 51.6 Å². The Bertz CT molecular complexity index is 635. The molecule has 0 bridgehead atoms. The van der Waals surface area contributed by atoms with Crippen LogP contribution in [0.15, 0.2) is 47.3 Å². The quantitative estimate of drug-likeness (QED) is 0.757. The predicted octanol–water partition coefficient (Wildman–Crippen LogP) is 3.86. The molecule has 5 heteroatoms. The summed E-state index contributed by atoms with van der Waals surface area (Å²) in [6.45, 7) is 4.15. The molecule has 0 atom stereocenters. The standard InChI is InChI=1S/C21H29N3O2/c25-21(10-14-23-12-4-2-1-3-5-13-23)24(18-20-9-7-15-26-20)17-19-8-6-11-22-16-19/h6-9,11,15-16H,1-5,10,12-14,17-18H2. The lowest BCUT2D eigenvalue weighted by molar-refractivity contribution is -0.133. The summed E-state index contributed by atoms with van der Waals surface area (Å²) >= 11 is 0. The monoisotopic (exact) mass is 355 g/mol. The number of aromatic nitrogens is 1. The van der Waals surface area contributed by atoms with Crippen molar-refractivity contribution in [3.63, 3.8) is 0 Å². The zero-order valence-corrected chi connectivity index (χ0v) is 15.5. The number of nitrogens with zero attached hydrogens (tertiary/aromatic N) is 3. The molecule has 3 rings (SSSR count). The van der Waals surface area contributed by atoms with Gasteiger partial charge in [0.1, 0.15) is 5.76 Å². The summed E-state index contributed by atoms with van der Waals surface area (Å²) in [5.41, 5.74) is 1.04. The fraction of sp³-hybridized carbons (Fsp3) is 0.524. The fourth-order valence-electron chi connectivity index (χ4n) is 3.48. The lowest BCUT2D eigenvalue weighted by atomic mass is 10.1. The molecule has 1 amide bonds.